The van der Waals surface area contributed by atoms with Crippen LogP contribution >= 0.6 is 0 Å². The molecular formula is C39H81N5O11. The molecule has 0 rings (SSSR count). The summed E-state index contributed by atoms with van der Waals surface area (Å²) in [4.78, 5) is 44.0. The molecule has 0 aliphatic rings. The lowest BCUT2D eigenvalue weighted by Crippen LogP contribution is -2.32. The number of primary amides is 1. The number of carbonyl (C=O) groups is 4. The molecule has 9 N–H and O–H groups in total. The molecule has 55 heavy (non-hydrogen) atoms. The van der Waals surface area contributed by atoms with Gasteiger partial charge in [0.1, 0.15) is 0 Å². The largest absolute Gasteiger partial charge is 0.481 e. The molecule has 0 aromatic heterocycles. The molecule has 0 saturated heterocycles. The molecule has 0 fully saturated rings. The molecule has 0 aromatic rings. The van der Waals surface area contributed by atoms with E-state index in [2.05, 4.69) is 51.0 Å². The van der Waals surface area contributed by atoms with E-state index >= 15 is 0 Å². The van der Waals surface area contributed by atoms with E-state index in [1.807, 2.05) is 13.8 Å². The van der Waals surface area contributed by atoms with Crippen LogP contribution in [-0.2, 0) is 47.6 Å². The van der Waals surface area contributed by atoms with E-state index in [1.54, 1.807) is 6.92 Å². The number of ether oxygens (including phenoxy) is 6. The average Bonchev–Trinajstić information content (AvgIpc) is 3.12. The molecule has 0 radical (unpaired) electrons. The number of unbranched alkanes of at least 4 members (excludes halogenated alkanes) is 2. The summed E-state index contributed by atoms with van der Waals surface area (Å²) in [6, 6.07) is 0. The van der Waals surface area contributed by atoms with Gasteiger partial charge in [0.15, 0.2) is 0 Å². The molecule has 0 aliphatic carbocycles. The second-order valence-corrected chi connectivity index (χ2v) is 15.5. The van der Waals surface area contributed by atoms with Gasteiger partial charge in [0.05, 0.1) is 79.1 Å². The lowest BCUT2D eigenvalue weighted by molar-refractivity contribution is -0.138. The second kappa shape index (κ2) is 37.2. The Hall–Kier alpha value is -2.44. The highest BCUT2D eigenvalue weighted by Crippen LogP contribution is 2.20. The van der Waals surface area contributed by atoms with Crippen LogP contribution in [0.15, 0.2) is 0 Å². The van der Waals surface area contributed by atoms with Gasteiger partial charge in [-0.3, -0.25) is 19.2 Å². The van der Waals surface area contributed by atoms with E-state index in [-0.39, 0.29) is 47.0 Å². The minimum atomic E-state index is -0.893. The van der Waals surface area contributed by atoms with E-state index < -0.39 is 5.97 Å². The van der Waals surface area contributed by atoms with Crippen LogP contribution in [0.2, 0.25) is 0 Å². The van der Waals surface area contributed by atoms with Gasteiger partial charge in [0.25, 0.3) is 0 Å². The number of nitrogens with one attached hydrogen (secondary N) is 2. The van der Waals surface area contributed by atoms with Gasteiger partial charge < -0.3 is 61.4 Å². The number of carboxylic acid groups (broad SMARTS) is 1. The van der Waals surface area contributed by atoms with Crippen LogP contribution in [0.1, 0.15) is 107 Å². The molecule has 3 amide bonds. The van der Waals surface area contributed by atoms with Crippen LogP contribution in [0, 0.1) is 16.2 Å². The molecule has 0 spiro atoms. The predicted octanol–water partition coefficient (Wildman–Crippen LogP) is 3.02. The Kier molecular flexibility index (Phi) is 38.4. The van der Waals surface area contributed by atoms with E-state index in [0.29, 0.717) is 112 Å². The van der Waals surface area contributed by atoms with E-state index in [0.717, 1.165) is 32.3 Å². The Morgan fingerprint density at radius 2 is 0.982 bits per heavy atom. The first-order chi connectivity index (χ1) is 25.9. The van der Waals surface area contributed by atoms with Crippen LogP contribution in [0.25, 0.3) is 0 Å². The average molecular weight is 796 g/mol. The quantitative estimate of drug-likeness (QED) is 0.0514. The molecule has 0 bridgehead atoms. The fourth-order valence-corrected chi connectivity index (χ4v) is 3.84. The third kappa shape index (κ3) is 47.6. The van der Waals surface area contributed by atoms with E-state index in [1.165, 1.54) is 0 Å². The molecule has 16 nitrogen and oxygen atoms in total. The summed E-state index contributed by atoms with van der Waals surface area (Å²) in [5.41, 5.74) is 15.7. The highest BCUT2D eigenvalue weighted by atomic mass is 16.5. The maximum Gasteiger partial charge on any atom is 0.305 e. The number of amides is 3. The van der Waals surface area contributed by atoms with Crippen molar-refractivity contribution in [3.63, 3.8) is 0 Å². The Balaban J connectivity index is -0.00000123. The molecule has 0 heterocycles. The minimum Gasteiger partial charge on any atom is -0.481 e. The zero-order valence-corrected chi connectivity index (χ0v) is 35.7. The first-order valence-corrected chi connectivity index (χ1v) is 19.8. The third-order valence-electron chi connectivity index (χ3n) is 7.47. The monoisotopic (exact) mass is 796 g/mol. The SMILES string of the molecule is CC(C)(CN)COCCOCC(C)(C)CC(=O)NCCCCCC(=O)NCCOCCOCCC(=O)O.CCC(N)=O.CCCOCCOCC(C)(C)CN. The lowest BCUT2D eigenvalue weighted by Gasteiger charge is -2.24. The molecule has 0 aromatic carbocycles. The van der Waals surface area contributed by atoms with Crippen molar-refractivity contribution in [3.05, 3.63) is 0 Å². The smallest absolute Gasteiger partial charge is 0.305 e. The van der Waals surface area contributed by atoms with Crippen molar-refractivity contribution < 1.29 is 52.7 Å². The minimum absolute atomic E-state index is 0.000394. The standard InChI is InChI=1S/C26H51N3O8.C10H23NO2.C3H7NO/c1-25(2,20-36-16-17-37-21-26(3,4)19-27)18-23(31)28-10-7-5-6-8-22(30)29-11-13-35-15-14-34-12-9-24(32)33;1-4-5-12-6-7-13-9-10(2,3)8-11;1-2-3(4)5/h5-21,27H2,1-4H3,(H,28,31)(H,29,30)(H,32,33);4-9,11H2,1-3H3;2H2,1H3,(H2,4,5). The van der Waals surface area contributed by atoms with Crippen molar-refractivity contribution in [2.45, 2.75) is 107 Å². The van der Waals surface area contributed by atoms with Gasteiger partial charge in [-0.1, -0.05) is 61.8 Å². The summed E-state index contributed by atoms with van der Waals surface area (Å²) in [5.74, 6) is -1.17. The Morgan fingerprint density at radius 1 is 0.545 bits per heavy atom. The second-order valence-electron chi connectivity index (χ2n) is 15.5. The first-order valence-electron chi connectivity index (χ1n) is 19.8. The summed E-state index contributed by atoms with van der Waals surface area (Å²) >= 11 is 0. The maximum atomic E-state index is 12.2. The lowest BCUT2D eigenvalue weighted by atomic mass is 9.90. The normalized spacial score (nSPS) is 11.5. The topological polar surface area (TPSA) is 246 Å². The highest BCUT2D eigenvalue weighted by molar-refractivity contribution is 5.76. The van der Waals surface area contributed by atoms with Gasteiger partial charge >= 0.3 is 5.97 Å². The molecule has 0 saturated carbocycles. The van der Waals surface area contributed by atoms with Gasteiger partial charge in [-0.2, -0.15) is 0 Å². The van der Waals surface area contributed by atoms with Crippen LogP contribution in [0.4, 0.5) is 0 Å². The number of carbonyl (C=O) groups excluding carboxylic acids is 3. The van der Waals surface area contributed by atoms with E-state index in [9.17, 15) is 19.2 Å². The summed E-state index contributed by atoms with van der Waals surface area (Å²) in [6.07, 6.45) is 4.72. The van der Waals surface area contributed by atoms with Crippen molar-refractivity contribution in [1.29, 1.82) is 0 Å². The third-order valence-corrected chi connectivity index (χ3v) is 7.47. The number of hydrogen-bond acceptors (Lipinski definition) is 12. The molecular weight excluding hydrogens is 714 g/mol. The van der Waals surface area contributed by atoms with Gasteiger partial charge in [-0.25, -0.2) is 0 Å². The first kappa shape index (κ1) is 56.9. The van der Waals surface area contributed by atoms with Gasteiger partial charge in [-0.15, -0.1) is 0 Å². The van der Waals surface area contributed by atoms with E-state index in [4.69, 9.17) is 45.0 Å². The van der Waals surface area contributed by atoms with Crippen molar-refractivity contribution in [3.8, 4) is 0 Å². The zero-order chi connectivity index (χ0) is 42.4. The highest BCUT2D eigenvalue weighted by Gasteiger charge is 2.22. The molecule has 0 atom stereocenters. The van der Waals surface area contributed by atoms with Crippen molar-refractivity contribution in [2.24, 2.45) is 33.4 Å². The number of aliphatic carboxylic acids is 1. The number of nitrogens with two attached hydrogens (primary N) is 3. The maximum absolute atomic E-state index is 12.2. The van der Waals surface area contributed by atoms with Gasteiger partial charge in [0.2, 0.25) is 17.7 Å². The van der Waals surface area contributed by atoms with Crippen LogP contribution < -0.4 is 27.8 Å². The fraction of sp³-hybridized carbons (Fsp3) is 0.897. The van der Waals surface area contributed by atoms with Crippen LogP contribution in [0.5, 0.6) is 0 Å². The zero-order valence-electron chi connectivity index (χ0n) is 35.7. The van der Waals surface area contributed by atoms with Crippen molar-refractivity contribution in [2.75, 3.05) is 105 Å². The molecule has 0 aliphatic heterocycles. The van der Waals surface area contributed by atoms with Crippen molar-refractivity contribution in [1.82, 2.24) is 10.6 Å². The Labute approximate surface area is 332 Å². The van der Waals surface area contributed by atoms with Crippen LogP contribution in [0.3, 0.4) is 0 Å². The van der Waals surface area contributed by atoms with Crippen molar-refractivity contribution >= 4 is 23.7 Å². The fourth-order valence-electron chi connectivity index (χ4n) is 3.84. The summed E-state index contributed by atoms with van der Waals surface area (Å²) in [7, 11) is 0. The summed E-state index contributed by atoms with van der Waals surface area (Å²) in [5, 5.41) is 14.2. The predicted molar refractivity (Wildman–Crippen MR) is 215 cm³/mol. The molecule has 16 heteroatoms. The number of hydrogen-bond donors (Lipinski definition) is 6. The number of carboxylic acids is 1. The van der Waals surface area contributed by atoms with Gasteiger partial charge in [-0.05, 0) is 37.8 Å². The van der Waals surface area contributed by atoms with Crippen LogP contribution in [-0.4, -0.2) is 134 Å². The molecule has 328 valence electrons. The Morgan fingerprint density at radius 3 is 1.44 bits per heavy atom. The van der Waals surface area contributed by atoms with Gasteiger partial charge in [0, 0.05) is 49.8 Å². The summed E-state index contributed by atoms with van der Waals surface area (Å²) in [6.45, 7) is 24.5. The number of rotatable bonds is 34. The summed E-state index contributed by atoms with van der Waals surface area (Å²) < 4.78 is 32.4. The molecule has 0 unspecified atom stereocenters. The Bertz CT molecular complexity index is 953.